The average Bonchev–Trinajstić information content (AvgIpc) is 2.66. The van der Waals surface area contributed by atoms with E-state index in [2.05, 4.69) is 5.10 Å². The fraction of sp³-hybridized carbons (Fsp3) is 0.250. The average molecular weight is 387 g/mol. The largest absolute Gasteiger partial charge is 0.494 e. The number of rotatable bonds is 5. The van der Waals surface area contributed by atoms with Crippen LogP contribution in [0.2, 0.25) is 5.02 Å². The molecule has 3 rings (SSSR count). The predicted octanol–water partition coefficient (Wildman–Crippen LogP) is 3.87. The molecular weight excluding hydrogens is 364 g/mol. The minimum absolute atomic E-state index is 0.373. The van der Waals surface area contributed by atoms with Crippen LogP contribution < -0.4 is 20.6 Å². The summed E-state index contributed by atoms with van der Waals surface area (Å²) in [5.41, 5.74) is 3.89. The van der Waals surface area contributed by atoms with Crippen LogP contribution in [-0.2, 0) is 11.3 Å². The first-order valence-corrected chi connectivity index (χ1v) is 8.93. The van der Waals surface area contributed by atoms with Crippen LogP contribution in [-0.4, -0.2) is 26.6 Å². The highest BCUT2D eigenvalue weighted by atomic mass is 35.5. The molecule has 0 unspecified atom stereocenters. The third-order valence-corrected chi connectivity index (χ3v) is 4.54. The lowest BCUT2D eigenvalue weighted by Crippen LogP contribution is -2.27. The van der Waals surface area contributed by atoms with Gasteiger partial charge in [0.25, 0.3) is 0 Å². The molecular formula is C20H23ClN4O2. The van der Waals surface area contributed by atoms with Crippen LogP contribution in [0.1, 0.15) is 11.1 Å². The Morgan fingerprint density at radius 2 is 2.11 bits per heavy atom. The van der Waals surface area contributed by atoms with Gasteiger partial charge in [0, 0.05) is 23.7 Å². The van der Waals surface area contributed by atoms with Crippen LogP contribution in [0.4, 0.5) is 11.4 Å². The van der Waals surface area contributed by atoms with Gasteiger partial charge in [-0.2, -0.15) is 0 Å². The first-order valence-electron chi connectivity index (χ1n) is 8.55. The van der Waals surface area contributed by atoms with Crippen molar-refractivity contribution in [1.82, 2.24) is 0 Å². The Labute approximate surface area is 164 Å². The van der Waals surface area contributed by atoms with Gasteiger partial charge in [-0.1, -0.05) is 29.8 Å². The molecule has 7 heteroatoms. The van der Waals surface area contributed by atoms with Crippen LogP contribution in [0, 0.1) is 6.92 Å². The Hall–Kier alpha value is -2.70. The normalized spacial score (nSPS) is 13.4. The summed E-state index contributed by atoms with van der Waals surface area (Å²) in [6.45, 7) is 3.03. The van der Waals surface area contributed by atoms with Crippen molar-refractivity contribution >= 4 is 28.9 Å². The summed E-state index contributed by atoms with van der Waals surface area (Å²) in [7, 11) is 3.42. The fourth-order valence-electron chi connectivity index (χ4n) is 2.89. The first kappa shape index (κ1) is 19.1. The molecule has 0 aromatic heterocycles. The van der Waals surface area contributed by atoms with Gasteiger partial charge in [-0.25, -0.2) is 5.84 Å². The summed E-state index contributed by atoms with van der Waals surface area (Å²) >= 11 is 6.05. The Kier molecular flexibility index (Phi) is 5.88. The number of benzene rings is 2. The van der Waals surface area contributed by atoms with Crippen LogP contribution in [0.5, 0.6) is 5.75 Å². The van der Waals surface area contributed by atoms with E-state index >= 15 is 0 Å². The Balaban J connectivity index is 1.80. The zero-order chi connectivity index (χ0) is 19.4. The molecule has 142 valence electrons. The molecule has 1 heterocycles. The van der Waals surface area contributed by atoms with Crippen molar-refractivity contribution in [3.05, 3.63) is 64.7 Å². The highest BCUT2D eigenvalue weighted by molar-refractivity contribution is 6.30. The van der Waals surface area contributed by atoms with Gasteiger partial charge in [-0.05, 0) is 36.8 Å². The number of hydrogen-bond donors (Lipinski definition) is 1. The minimum Gasteiger partial charge on any atom is -0.494 e. The third kappa shape index (κ3) is 4.35. The number of halogens is 1. The molecule has 0 saturated carbocycles. The summed E-state index contributed by atoms with van der Waals surface area (Å²) in [5.74, 6) is 7.11. The van der Waals surface area contributed by atoms with Gasteiger partial charge in [0.2, 0.25) is 5.90 Å². The molecule has 1 aliphatic rings. The number of hydrazine groups is 1. The summed E-state index contributed by atoms with van der Waals surface area (Å²) < 4.78 is 11.4. The van der Waals surface area contributed by atoms with Crippen LogP contribution in [0.3, 0.4) is 0 Å². The van der Waals surface area contributed by atoms with Crippen LogP contribution >= 0.6 is 11.6 Å². The molecule has 2 aromatic rings. The standard InChI is InChI=1S/C20H23ClN4O2/c1-14-6-4-7-17(24(2)22)16(14)13-27-20-8-5-11-25(23-20)18-10-9-15(21)12-19(18)26-3/h4-10,12H,11,13,22H2,1-3H3. The number of anilines is 2. The number of nitrogens with two attached hydrogens (primary N) is 1. The van der Waals surface area contributed by atoms with E-state index in [-0.39, 0.29) is 0 Å². The van der Waals surface area contributed by atoms with Gasteiger partial charge in [0.05, 0.1) is 19.3 Å². The minimum atomic E-state index is 0.373. The van der Waals surface area contributed by atoms with Gasteiger partial charge in [-0.15, -0.1) is 5.10 Å². The van der Waals surface area contributed by atoms with Crippen molar-refractivity contribution in [2.45, 2.75) is 13.5 Å². The lowest BCUT2D eigenvalue weighted by molar-refractivity contribution is 0.292. The highest BCUT2D eigenvalue weighted by Crippen LogP contribution is 2.32. The number of hydrazone groups is 1. The van der Waals surface area contributed by atoms with Crippen molar-refractivity contribution in [3.8, 4) is 5.75 Å². The molecule has 2 N–H and O–H groups in total. The summed E-state index contributed by atoms with van der Waals surface area (Å²) in [6.07, 6.45) is 3.85. The second-order valence-electron chi connectivity index (χ2n) is 6.21. The molecule has 0 saturated heterocycles. The first-order chi connectivity index (χ1) is 13.0. The maximum Gasteiger partial charge on any atom is 0.231 e. The van der Waals surface area contributed by atoms with E-state index < -0.39 is 0 Å². The number of ether oxygens (including phenoxy) is 2. The molecule has 0 amide bonds. The topological polar surface area (TPSA) is 63.3 Å². The zero-order valence-electron chi connectivity index (χ0n) is 15.6. The van der Waals surface area contributed by atoms with Crippen LogP contribution in [0.15, 0.2) is 53.7 Å². The van der Waals surface area contributed by atoms with Crippen molar-refractivity contribution in [1.29, 1.82) is 0 Å². The lowest BCUT2D eigenvalue weighted by atomic mass is 10.1. The summed E-state index contributed by atoms with van der Waals surface area (Å²) in [4.78, 5) is 0. The second-order valence-corrected chi connectivity index (χ2v) is 6.65. The molecule has 27 heavy (non-hydrogen) atoms. The van der Waals surface area contributed by atoms with E-state index in [1.165, 1.54) is 0 Å². The third-order valence-electron chi connectivity index (χ3n) is 4.31. The van der Waals surface area contributed by atoms with E-state index in [9.17, 15) is 0 Å². The maximum absolute atomic E-state index is 6.05. The molecule has 0 bridgehead atoms. The van der Waals surface area contributed by atoms with E-state index in [1.54, 1.807) is 18.2 Å². The Morgan fingerprint density at radius 3 is 2.85 bits per heavy atom. The quantitative estimate of drug-likeness (QED) is 0.624. The molecule has 2 aromatic carbocycles. The highest BCUT2D eigenvalue weighted by Gasteiger charge is 2.16. The van der Waals surface area contributed by atoms with E-state index in [4.69, 9.17) is 26.9 Å². The van der Waals surface area contributed by atoms with Crippen LogP contribution in [0.25, 0.3) is 0 Å². The fourth-order valence-corrected chi connectivity index (χ4v) is 3.05. The van der Waals surface area contributed by atoms with Gasteiger partial charge < -0.3 is 14.5 Å². The summed E-state index contributed by atoms with van der Waals surface area (Å²) in [5, 5.41) is 8.61. The zero-order valence-corrected chi connectivity index (χ0v) is 16.4. The number of hydrogen-bond acceptors (Lipinski definition) is 6. The SMILES string of the molecule is COc1cc(Cl)ccc1N1CC=CC(OCc2c(C)cccc2N(C)N)=N1. The Bertz CT molecular complexity index is 880. The van der Waals surface area contributed by atoms with E-state index in [1.807, 2.05) is 61.5 Å². The van der Waals surface area contributed by atoms with E-state index in [0.717, 1.165) is 22.5 Å². The molecule has 0 aliphatic carbocycles. The Morgan fingerprint density at radius 1 is 1.30 bits per heavy atom. The second kappa shape index (κ2) is 8.33. The summed E-state index contributed by atoms with van der Waals surface area (Å²) in [6, 6.07) is 11.4. The van der Waals surface area contributed by atoms with Crippen molar-refractivity contribution < 1.29 is 9.47 Å². The van der Waals surface area contributed by atoms with Crippen molar-refractivity contribution in [3.63, 3.8) is 0 Å². The molecule has 0 atom stereocenters. The van der Waals surface area contributed by atoms with Gasteiger partial charge >= 0.3 is 0 Å². The smallest absolute Gasteiger partial charge is 0.231 e. The number of methoxy groups -OCH3 is 1. The molecule has 0 spiro atoms. The van der Waals surface area contributed by atoms with Crippen molar-refractivity contribution in [2.24, 2.45) is 10.9 Å². The van der Waals surface area contributed by atoms with Crippen molar-refractivity contribution in [2.75, 3.05) is 30.7 Å². The van der Waals surface area contributed by atoms with E-state index in [0.29, 0.717) is 29.8 Å². The predicted molar refractivity (Wildman–Crippen MR) is 110 cm³/mol. The molecule has 0 fully saturated rings. The maximum atomic E-state index is 6.05. The molecule has 1 aliphatic heterocycles. The van der Waals surface area contributed by atoms with Gasteiger partial charge in [0.1, 0.15) is 18.0 Å². The monoisotopic (exact) mass is 386 g/mol. The number of nitrogens with zero attached hydrogens (tertiary/aromatic N) is 3. The molecule has 6 nitrogen and oxygen atoms in total. The molecule has 0 radical (unpaired) electrons. The number of aryl methyl sites for hydroxylation is 1. The van der Waals surface area contributed by atoms with Gasteiger partial charge in [-0.3, -0.25) is 5.01 Å². The lowest BCUT2D eigenvalue weighted by Gasteiger charge is -2.24. The van der Waals surface area contributed by atoms with Gasteiger partial charge in [0.15, 0.2) is 0 Å².